The molecule has 0 radical (unpaired) electrons. The zero-order valence-corrected chi connectivity index (χ0v) is 17.5. The Hall–Kier alpha value is -0.610. The van der Waals surface area contributed by atoms with Gasteiger partial charge < -0.3 is 14.7 Å². The molecule has 0 saturated carbocycles. The van der Waals surface area contributed by atoms with Crippen molar-refractivity contribution in [2.45, 2.75) is 96.5 Å². The molecule has 0 aromatic heterocycles. The van der Waals surface area contributed by atoms with Crippen molar-refractivity contribution in [1.82, 2.24) is 0 Å². The minimum atomic E-state index is -1.11. The highest BCUT2D eigenvalue weighted by Crippen LogP contribution is 2.33. The molecule has 4 nitrogen and oxygen atoms in total. The number of rotatable bonds is 16. The molecule has 2 atom stereocenters. The Kier molecular flexibility index (Phi) is 12.4. The number of hydrogen-bond donors (Lipinski definition) is 2. The summed E-state index contributed by atoms with van der Waals surface area (Å²) in [5.74, 6) is -0.812. The molecular formula is C21H44NO3+. The molecule has 150 valence electrons. The summed E-state index contributed by atoms with van der Waals surface area (Å²) in [6.07, 6.45) is 12.6. The molecule has 0 rings (SSSR count). The zero-order valence-electron chi connectivity index (χ0n) is 17.5. The standard InChI is InChI=1S/C21H43NO3/c1-6-8-10-11-12-13-14-16-19(15-9-7-2)21(25,17-20(23)24)18-22(3,4)5/h19,25H,6-18H2,1-5H3/p+1. The average molecular weight is 359 g/mol. The van der Waals surface area contributed by atoms with E-state index in [4.69, 9.17) is 0 Å². The first-order chi connectivity index (χ1) is 11.6. The number of carboxylic acid groups (broad SMARTS) is 1. The van der Waals surface area contributed by atoms with E-state index in [1.165, 1.54) is 38.5 Å². The van der Waals surface area contributed by atoms with Crippen LogP contribution >= 0.6 is 0 Å². The highest BCUT2D eigenvalue weighted by molar-refractivity contribution is 5.68. The van der Waals surface area contributed by atoms with Gasteiger partial charge in [0.2, 0.25) is 0 Å². The summed E-state index contributed by atoms with van der Waals surface area (Å²) < 4.78 is 0.587. The SMILES string of the molecule is CCCCCCCCCC(CCCC)C(O)(CC(=O)O)C[N+](C)(C)C. The van der Waals surface area contributed by atoms with Crippen LogP contribution in [-0.4, -0.2) is 54.0 Å². The fraction of sp³-hybridized carbons (Fsp3) is 0.952. The van der Waals surface area contributed by atoms with Gasteiger partial charge in [0.25, 0.3) is 0 Å². The number of hydrogen-bond acceptors (Lipinski definition) is 2. The lowest BCUT2D eigenvalue weighted by molar-refractivity contribution is -0.877. The van der Waals surface area contributed by atoms with Crippen molar-refractivity contribution < 1.29 is 19.5 Å². The van der Waals surface area contributed by atoms with Crippen molar-refractivity contribution >= 4 is 5.97 Å². The van der Waals surface area contributed by atoms with E-state index in [-0.39, 0.29) is 12.3 Å². The van der Waals surface area contributed by atoms with Gasteiger partial charge in [0, 0.05) is 0 Å². The summed E-state index contributed by atoms with van der Waals surface area (Å²) in [7, 11) is 6.08. The Morgan fingerprint density at radius 3 is 1.84 bits per heavy atom. The summed E-state index contributed by atoms with van der Waals surface area (Å²) in [6, 6.07) is 0. The van der Waals surface area contributed by atoms with Crippen molar-refractivity contribution in [3.05, 3.63) is 0 Å². The van der Waals surface area contributed by atoms with Gasteiger partial charge in [0.05, 0.1) is 27.6 Å². The molecule has 4 heteroatoms. The van der Waals surface area contributed by atoms with Gasteiger partial charge >= 0.3 is 5.97 Å². The van der Waals surface area contributed by atoms with E-state index in [1.54, 1.807) is 0 Å². The molecule has 0 amide bonds. The van der Waals surface area contributed by atoms with E-state index in [1.807, 2.05) is 21.1 Å². The van der Waals surface area contributed by atoms with Gasteiger partial charge in [-0.2, -0.15) is 0 Å². The number of carbonyl (C=O) groups is 1. The van der Waals surface area contributed by atoms with Gasteiger partial charge in [0.15, 0.2) is 0 Å². The quantitative estimate of drug-likeness (QED) is 0.306. The molecule has 0 fully saturated rings. The third-order valence-electron chi connectivity index (χ3n) is 5.03. The second-order valence-electron chi connectivity index (χ2n) is 8.87. The third-order valence-corrected chi connectivity index (χ3v) is 5.03. The van der Waals surface area contributed by atoms with Crippen LogP contribution in [0, 0.1) is 5.92 Å². The van der Waals surface area contributed by atoms with E-state index in [9.17, 15) is 15.0 Å². The highest BCUT2D eigenvalue weighted by atomic mass is 16.4. The van der Waals surface area contributed by atoms with Crippen LogP contribution in [0.3, 0.4) is 0 Å². The largest absolute Gasteiger partial charge is 0.481 e. The van der Waals surface area contributed by atoms with Crippen molar-refractivity contribution in [2.75, 3.05) is 27.7 Å². The van der Waals surface area contributed by atoms with Crippen LogP contribution in [0.25, 0.3) is 0 Å². The van der Waals surface area contributed by atoms with Gasteiger partial charge in [-0.3, -0.25) is 4.79 Å². The van der Waals surface area contributed by atoms with Gasteiger partial charge in [0.1, 0.15) is 12.1 Å². The number of aliphatic hydroxyl groups is 1. The lowest BCUT2D eigenvalue weighted by atomic mass is 9.77. The molecule has 0 aromatic carbocycles. The van der Waals surface area contributed by atoms with E-state index >= 15 is 0 Å². The number of unbranched alkanes of at least 4 members (excludes halogenated alkanes) is 7. The highest BCUT2D eigenvalue weighted by Gasteiger charge is 2.42. The third kappa shape index (κ3) is 12.4. The van der Waals surface area contributed by atoms with Crippen LogP contribution in [-0.2, 0) is 4.79 Å². The van der Waals surface area contributed by atoms with E-state index < -0.39 is 11.6 Å². The summed E-state index contributed by atoms with van der Waals surface area (Å²) >= 11 is 0. The number of nitrogens with zero attached hydrogens (tertiary/aromatic N) is 1. The lowest BCUT2D eigenvalue weighted by Gasteiger charge is -2.40. The van der Waals surface area contributed by atoms with E-state index in [0.29, 0.717) is 11.0 Å². The van der Waals surface area contributed by atoms with Crippen LogP contribution in [0.1, 0.15) is 90.9 Å². The Labute approximate surface area is 156 Å². The normalized spacial score (nSPS) is 15.8. The second-order valence-corrected chi connectivity index (χ2v) is 8.87. The minimum absolute atomic E-state index is 0.0801. The summed E-state index contributed by atoms with van der Waals surface area (Å²) in [6.45, 7) is 4.88. The van der Waals surface area contributed by atoms with Crippen LogP contribution in [0.15, 0.2) is 0 Å². The van der Waals surface area contributed by atoms with Crippen molar-refractivity contribution in [3.63, 3.8) is 0 Å². The number of carboxylic acids is 1. The van der Waals surface area contributed by atoms with E-state index in [0.717, 1.165) is 32.1 Å². The fourth-order valence-corrected chi connectivity index (χ4v) is 3.89. The van der Waals surface area contributed by atoms with Crippen LogP contribution in [0.2, 0.25) is 0 Å². The Bertz CT molecular complexity index is 352. The van der Waals surface area contributed by atoms with Crippen LogP contribution < -0.4 is 0 Å². The van der Waals surface area contributed by atoms with Crippen LogP contribution in [0.4, 0.5) is 0 Å². The predicted octanol–water partition coefficient (Wildman–Crippen LogP) is 4.85. The first-order valence-corrected chi connectivity index (χ1v) is 10.4. The van der Waals surface area contributed by atoms with Gasteiger partial charge in [-0.1, -0.05) is 71.6 Å². The first-order valence-electron chi connectivity index (χ1n) is 10.4. The summed E-state index contributed by atoms with van der Waals surface area (Å²) in [5.41, 5.74) is -1.11. The first kappa shape index (κ1) is 24.4. The van der Waals surface area contributed by atoms with Crippen LogP contribution in [0.5, 0.6) is 0 Å². The molecular weight excluding hydrogens is 314 g/mol. The smallest absolute Gasteiger partial charge is 0.306 e. The molecule has 2 N–H and O–H groups in total. The zero-order chi connectivity index (χ0) is 19.3. The monoisotopic (exact) mass is 358 g/mol. The molecule has 0 aliphatic heterocycles. The molecule has 25 heavy (non-hydrogen) atoms. The maximum absolute atomic E-state index is 11.4. The average Bonchev–Trinajstić information content (AvgIpc) is 2.46. The van der Waals surface area contributed by atoms with E-state index in [2.05, 4.69) is 13.8 Å². The topological polar surface area (TPSA) is 57.5 Å². The molecule has 0 bridgehead atoms. The maximum Gasteiger partial charge on any atom is 0.306 e. The molecule has 2 unspecified atom stereocenters. The van der Waals surface area contributed by atoms with Crippen molar-refractivity contribution in [2.24, 2.45) is 5.92 Å². The number of aliphatic carboxylic acids is 1. The summed E-state index contributed by atoms with van der Waals surface area (Å²) in [4.78, 5) is 11.4. The lowest BCUT2D eigenvalue weighted by Crippen LogP contribution is -2.54. The maximum atomic E-state index is 11.4. The van der Waals surface area contributed by atoms with Gasteiger partial charge in [-0.05, 0) is 18.8 Å². The molecule has 0 aromatic rings. The number of likely N-dealkylation sites (N-methyl/N-ethyl adjacent to an activating group) is 1. The fourth-order valence-electron chi connectivity index (χ4n) is 3.89. The van der Waals surface area contributed by atoms with Crippen molar-refractivity contribution in [3.8, 4) is 0 Å². The van der Waals surface area contributed by atoms with Gasteiger partial charge in [-0.25, -0.2) is 0 Å². The Morgan fingerprint density at radius 2 is 1.36 bits per heavy atom. The predicted molar refractivity (Wildman–Crippen MR) is 106 cm³/mol. The molecule has 0 heterocycles. The molecule has 0 spiro atoms. The molecule has 0 saturated heterocycles. The second kappa shape index (κ2) is 12.7. The van der Waals surface area contributed by atoms with Crippen molar-refractivity contribution in [1.29, 1.82) is 0 Å². The number of quaternary nitrogens is 1. The minimum Gasteiger partial charge on any atom is -0.481 e. The Morgan fingerprint density at radius 1 is 0.880 bits per heavy atom. The molecule has 0 aliphatic carbocycles. The Balaban J connectivity index is 4.75. The molecule has 0 aliphatic rings. The van der Waals surface area contributed by atoms with Gasteiger partial charge in [-0.15, -0.1) is 0 Å². The summed E-state index contributed by atoms with van der Waals surface area (Å²) in [5, 5.41) is 20.6.